The van der Waals surface area contributed by atoms with Crippen LogP contribution in [0.25, 0.3) is 0 Å². The fourth-order valence-corrected chi connectivity index (χ4v) is 1.48. The van der Waals surface area contributed by atoms with Crippen LogP contribution in [0, 0.1) is 5.92 Å². The van der Waals surface area contributed by atoms with E-state index in [-0.39, 0.29) is 12.6 Å². The van der Waals surface area contributed by atoms with E-state index in [1.165, 1.54) is 18.4 Å². The molecule has 1 heterocycles. The largest absolute Gasteiger partial charge is 0.394 e. The molecule has 1 fully saturated rings. The van der Waals surface area contributed by atoms with Crippen LogP contribution in [-0.4, -0.2) is 24.3 Å². The van der Waals surface area contributed by atoms with Crippen molar-refractivity contribution in [3.8, 4) is 0 Å². The van der Waals surface area contributed by atoms with Gasteiger partial charge in [-0.3, -0.25) is 0 Å². The molecule has 1 aliphatic carbocycles. The van der Waals surface area contributed by atoms with E-state index in [1.54, 1.807) is 0 Å². The smallest absolute Gasteiger partial charge is 0.0620 e. The third-order valence-electron chi connectivity index (χ3n) is 2.28. The molecule has 2 rings (SSSR count). The second-order valence-electron chi connectivity index (χ2n) is 3.19. The zero-order chi connectivity index (χ0) is 6.97. The summed E-state index contributed by atoms with van der Waals surface area (Å²) in [6.07, 6.45) is 4.93. The summed E-state index contributed by atoms with van der Waals surface area (Å²) in [6.45, 7) is 1.26. The molecular weight excluding hydrogens is 126 g/mol. The van der Waals surface area contributed by atoms with Crippen molar-refractivity contribution in [2.24, 2.45) is 5.92 Å². The number of aliphatic hydroxyl groups is 1. The number of nitrogens with one attached hydrogen (secondary N) is 1. The van der Waals surface area contributed by atoms with Crippen LogP contribution in [0.4, 0.5) is 0 Å². The van der Waals surface area contributed by atoms with Crippen LogP contribution in [0.1, 0.15) is 12.8 Å². The Labute approximate surface area is 60.9 Å². The van der Waals surface area contributed by atoms with Crippen molar-refractivity contribution in [3.63, 3.8) is 0 Å². The van der Waals surface area contributed by atoms with E-state index in [9.17, 15) is 0 Å². The topological polar surface area (TPSA) is 32.3 Å². The molecule has 10 heavy (non-hydrogen) atoms. The molecule has 2 aliphatic rings. The average molecular weight is 139 g/mol. The minimum Gasteiger partial charge on any atom is -0.394 e. The lowest BCUT2D eigenvalue weighted by Crippen LogP contribution is -2.25. The summed E-state index contributed by atoms with van der Waals surface area (Å²) in [4.78, 5) is 0. The summed E-state index contributed by atoms with van der Waals surface area (Å²) in [5.74, 6) is 0.865. The Bertz CT molecular complexity index is 161. The molecule has 0 unspecified atom stereocenters. The van der Waals surface area contributed by atoms with E-state index in [0.29, 0.717) is 0 Å². The highest BCUT2D eigenvalue weighted by Crippen LogP contribution is 2.37. The van der Waals surface area contributed by atoms with Crippen molar-refractivity contribution in [2.45, 2.75) is 18.9 Å². The van der Waals surface area contributed by atoms with Crippen molar-refractivity contribution in [1.29, 1.82) is 0 Å². The fourth-order valence-electron chi connectivity index (χ4n) is 1.48. The molecule has 1 aliphatic heterocycles. The molecule has 56 valence electrons. The van der Waals surface area contributed by atoms with Gasteiger partial charge in [-0.05, 0) is 18.8 Å². The highest BCUT2D eigenvalue weighted by molar-refractivity contribution is 5.21. The van der Waals surface area contributed by atoms with Crippen LogP contribution in [0.3, 0.4) is 0 Å². The Kier molecular flexibility index (Phi) is 1.51. The van der Waals surface area contributed by atoms with Gasteiger partial charge in [0.25, 0.3) is 0 Å². The highest BCUT2D eigenvalue weighted by Gasteiger charge is 2.28. The van der Waals surface area contributed by atoms with Gasteiger partial charge in [-0.25, -0.2) is 0 Å². The monoisotopic (exact) mass is 139 g/mol. The second-order valence-corrected chi connectivity index (χ2v) is 3.19. The van der Waals surface area contributed by atoms with Gasteiger partial charge in [0.05, 0.1) is 6.61 Å². The first kappa shape index (κ1) is 6.38. The Morgan fingerprint density at radius 1 is 1.60 bits per heavy atom. The van der Waals surface area contributed by atoms with Crippen LogP contribution in [0.5, 0.6) is 0 Å². The summed E-state index contributed by atoms with van der Waals surface area (Å²) in [5.41, 5.74) is 1.53. The summed E-state index contributed by atoms with van der Waals surface area (Å²) < 4.78 is 0. The molecule has 2 heteroatoms. The van der Waals surface area contributed by atoms with E-state index in [1.807, 2.05) is 0 Å². The lowest BCUT2D eigenvalue weighted by Gasteiger charge is -2.00. The third kappa shape index (κ3) is 1.09. The number of hydrogen-bond acceptors (Lipinski definition) is 2. The fraction of sp³-hybridized carbons (Fsp3) is 0.750. The molecule has 1 saturated carbocycles. The molecular formula is C8H13NO. The van der Waals surface area contributed by atoms with Crippen molar-refractivity contribution in [2.75, 3.05) is 13.2 Å². The Hall–Kier alpha value is -0.340. The maximum atomic E-state index is 8.78. The van der Waals surface area contributed by atoms with Gasteiger partial charge in [0.15, 0.2) is 0 Å². The Balaban J connectivity index is 1.96. The first-order valence-corrected chi connectivity index (χ1v) is 3.95. The van der Waals surface area contributed by atoms with Crippen LogP contribution in [-0.2, 0) is 0 Å². The van der Waals surface area contributed by atoms with Gasteiger partial charge in [0.1, 0.15) is 0 Å². The van der Waals surface area contributed by atoms with Crippen LogP contribution in [0.2, 0.25) is 0 Å². The van der Waals surface area contributed by atoms with Gasteiger partial charge in [0, 0.05) is 12.6 Å². The zero-order valence-corrected chi connectivity index (χ0v) is 6.01. The molecule has 0 aromatic carbocycles. The standard InChI is InChI=1S/C8H13NO/c10-5-8-3-7(4-9-8)6-1-2-6/h3,6,8-10H,1-2,4-5H2/t8-/m1/s1. The number of rotatable bonds is 2. The lowest BCUT2D eigenvalue weighted by molar-refractivity contribution is 0.271. The van der Waals surface area contributed by atoms with E-state index >= 15 is 0 Å². The third-order valence-corrected chi connectivity index (χ3v) is 2.28. The Morgan fingerprint density at radius 2 is 2.40 bits per heavy atom. The number of aliphatic hydroxyl groups excluding tert-OH is 1. The summed E-state index contributed by atoms with van der Waals surface area (Å²) in [6, 6.07) is 0.246. The molecule has 0 saturated heterocycles. The molecule has 0 bridgehead atoms. The SMILES string of the molecule is OC[C@H]1C=C(C2CC2)CN1. The molecule has 0 radical (unpaired) electrons. The van der Waals surface area contributed by atoms with E-state index in [2.05, 4.69) is 11.4 Å². The van der Waals surface area contributed by atoms with Crippen molar-refractivity contribution >= 4 is 0 Å². The normalized spacial score (nSPS) is 32.5. The maximum absolute atomic E-state index is 8.78. The predicted octanol–water partition coefficient (Wildman–Crippen LogP) is 0.287. The lowest BCUT2D eigenvalue weighted by atomic mass is 10.1. The van der Waals surface area contributed by atoms with Gasteiger partial charge in [-0.1, -0.05) is 11.6 Å². The molecule has 0 amide bonds. The van der Waals surface area contributed by atoms with Crippen LogP contribution >= 0.6 is 0 Å². The predicted molar refractivity (Wildman–Crippen MR) is 39.7 cm³/mol. The minimum atomic E-state index is 0.246. The van der Waals surface area contributed by atoms with Crippen molar-refractivity contribution < 1.29 is 5.11 Å². The minimum absolute atomic E-state index is 0.246. The van der Waals surface area contributed by atoms with Gasteiger partial charge in [-0.15, -0.1) is 0 Å². The van der Waals surface area contributed by atoms with E-state index < -0.39 is 0 Å². The number of hydrogen-bond donors (Lipinski definition) is 2. The van der Waals surface area contributed by atoms with E-state index in [0.717, 1.165) is 12.5 Å². The van der Waals surface area contributed by atoms with Crippen molar-refractivity contribution in [3.05, 3.63) is 11.6 Å². The molecule has 0 aromatic heterocycles. The zero-order valence-electron chi connectivity index (χ0n) is 6.01. The highest BCUT2D eigenvalue weighted by atomic mass is 16.3. The average Bonchev–Trinajstić information content (AvgIpc) is 2.70. The quantitative estimate of drug-likeness (QED) is 0.539. The van der Waals surface area contributed by atoms with Crippen LogP contribution < -0.4 is 5.32 Å². The van der Waals surface area contributed by atoms with Crippen LogP contribution in [0.15, 0.2) is 11.6 Å². The first-order chi connectivity index (χ1) is 4.90. The molecule has 0 aromatic rings. The second kappa shape index (κ2) is 2.36. The molecule has 0 spiro atoms. The van der Waals surface area contributed by atoms with Gasteiger partial charge >= 0.3 is 0 Å². The van der Waals surface area contributed by atoms with Gasteiger partial charge in [-0.2, -0.15) is 0 Å². The van der Waals surface area contributed by atoms with Gasteiger partial charge < -0.3 is 10.4 Å². The first-order valence-electron chi connectivity index (χ1n) is 3.95. The van der Waals surface area contributed by atoms with Gasteiger partial charge in [0.2, 0.25) is 0 Å². The van der Waals surface area contributed by atoms with Crippen molar-refractivity contribution in [1.82, 2.24) is 5.32 Å². The summed E-state index contributed by atoms with van der Waals surface area (Å²) in [5, 5.41) is 12.0. The molecule has 2 N–H and O–H groups in total. The molecule has 1 atom stereocenters. The molecule has 2 nitrogen and oxygen atoms in total. The maximum Gasteiger partial charge on any atom is 0.0620 e. The summed E-state index contributed by atoms with van der Waals surface area (Å²) in [7, 11) is 0. The summed E-state index contributed by atoms with van der Waals surface area (Å²) >= 11 is 0. The Morgan fingerprint density at radius 3 is 2.90 bits per heavy atom. The van der Waals surface area contributed by atoms with E-state index in [4.69, 9.17) is 5.11 Å².